The Labute approximate surface area is 158 Å². The van der Waals surface area contributed by atoms with Crippen molar-refractivity contribution in [3.8, 4) is 6.07 Å². The maximum absolute atomic E-state index is 12.7. The number of thioether (sulfide) groups is 2. The van der Waals surface area contributed by atoms with Gasteiger partial charge in [0.05, 0.1) is 18.2 Å². The monoisotopic (exact) mass is 388 g/mol. The molecule has 0 saturated heterocycles. The lowest BCUT2D eigenvalue weighted by Crippen LogP contribution is -2.02. The van der Waals surface area contributed by atoms with Gasteiger partial charge in [-0.3, -0.25) is 4.79 Å². The summed E-state index contributed by atoms with van der Waals surface area (Å²) in [5.74, 6) is 1.36. The highest BCUT2D eigenvalue weighted by atomic mass is 32.2. The zero-order valence-corrected chi connectivity index (χ0v) is 16.1. The van der Waals surface area contributed by atoms with Crippen molar-refractivity contribution in [3.63, 3.8) is 0 Å². The number of para-hydroxylation sites is 1. The fraction of sp³-hybridized carbons (Fsp3) is 0.294. The van der Waals surface area contributed by atoms with Crippen LogP contribution in [0.3, 0.4) is 0 Å². The van der Waals surface area contributed by atoms with E-state index in [0.717, 1.165) is 25.3 Å². The van der Waals surface area contributed by atoms with Gasteiger partial charge in [0.2, 0.25) is 0 Å². The summed E-state index contributed by atoms with van der Waals surface area (Å²) in [7, 11) is 0. The third-order valence-electron chi connectivity index (χ3n) is 3.54. The highest BCUT2D eigenvalue weighted by Gasteiger charge is 2.16. The molecule has 5 nitrogen and oxygen atoms in total. The first-order valence-corrected chi connectivity index (χ1v) is 10.6. The number of nitriles is 1. The molecule has 128 valence electrons. The summed E-state index contributed by atoms with van der Waals surface area (Å²) in [6, 6.07) is 9.97. The van der Waals surface area contributed by atoms with E-state index < -0.39 is 0 Å². The number of ketones is 1. The van der Waals surface area contributed by atoms with Crippen LogP contribution in [0.4, 0.5) is 0 Å². The van der Waals surface area contributed by atoms with Crippen LogP contribution < -0.4 is 0 Å². The number of carbonyl (C=O) groups excluding carboxylic acids is 1. The third kappa shape index (κ3) is 4.24. The van der Waals surface area contributed by atoms with Crippen LogP contribution in [0.5, 0.6) is 0 Å². The summed E-state index contributed by atoms with van der Waals surface area (Å²) < 4.78 is 3.74. The molecule has 0 spiro atoms. The molecule has 2 aromatic heterocycles. The molecule has 0 aliphatic heterocycles. The predicted octanol–water partition coefficient (Wildman–Crippen LogP) is 4.49. The average Bonchev–Trinajstić information content (AvgIpc) is 3.23. The lowest BCUT2D eigenvalue weighted by atomic mass is 10.1. The van der Waals surface area contributed by atoms with E-state index in [1.165, 1.54) is 23.1 Å². The van der Waals surface area contributed by atoms with E-state index in [1.807, 2.05) is 35.0 Å². The van der Waals surface area contributed by atoms with E-state index in [0.29, 0.717) is 24.3 Å². The minimum atomic E-state index is 0.0665. The minimum Gasteiger partial charge on any atom is -0.346 e. The molecule has 1 aromatic carbocycles. The van der Waals surface area contributed by atoms with Gasteiger partial charge in [-0.15, -0.1) is 10.2 Å². The summed E-state index contributed by atoms with van der Waals surface area (Å²) in [6.07, 6.45) is 2.28. The summed E-state index contributed by atoms with van der Waals surface area (Å²) in [6.45, 7) is 2.66. The normalized spacial score (nSPS) is 10.9. The molecule has 0 amide bonds. The second-order valence-electron chi connectivity index (χ2n) is 5.14. The Balaban J connectivity index is 1.76. The van der Waals surface area contributed by atoms with E-state index in [9.17, 15) is 4.79 Å². The number of carbonyl (C=O) groups is 1. The first kappa shape index (κ1) is 18.0. The highest BCUT2D eigenvalue weighted by Crippen LogP contribution is 2.30. The number of aryl methyl sites for hydroxylation is 1. The second-order valence-corrected chi connectivity index (χ2v) is 8.85. The molecular formula is C17H16N4OS3. The number of nitrogens with zero attached hydrogens (tertiary/aromatic N) is 4. The van der Waals surface area contributed by atoms with Crippen molar-refractivity contribution in [1.29, 1.82) is 5.26 Å². The van der Waals surface area contributed by atoms with Crippen molar-refractivity contribution in [3.05, 3.63) is 36.0 Å². The SMILES string of the molecule is CCSc1nnc(SCC(=O)c2cn(CCC#N)c3ccccc23)s1. The fourth-order valence-corrected chi connectivity index (χ4v) is 5.27. The Kier molecular flexibility index (Phi) is 6.13. The second kappa shape index (κ2) is 8.52. The molecule has 0 unspecified atom stereocenters. The van der Waals surface area contributed by atoms with Crippen molar-refractivity contribution in [2.24, 2.45) is 0 Å². The van der Waals surface area contributed by atoms with E-state index >= 15 is 0 Å². The number of rotatable bonds is 8. The maximum Gasteiger partial charge on any atom is 0.175 e. The zero-order chi connectivity index (χ0) is 17.6. The van der Waals surface area contributed by atoms with Gasteiger partial charge >= 0.3 is 0 Å². The van der Waals surface area contributed by atoms with Crippen LogP contribution in [0.1, 0.15) is 23.7 Å². The van der Waals surface area contributed by atoms with Gasteiger partial charge in [0.15, 0.2) is 14.5 Å². The number of aromatic nitrogens is 3. The van der Waals surface area contributed by atoms with Gasteiger partial charge in [-0.1, -0.05) is 60.0 Å². The van der Waals surface area contributed by atoms with Gasteiger partial charge < -0.3 is 4.57 Å². The topological polar surface area (TPSA) is 71.6 Å². The Morgan fingerprint density at radius 3 is 2.80 bits per heavy atom. The van der Waals surface area contributed by atoms with Gasteiger partial charge in [-0.25, -0.2) is 0 Å². The van der Waals surface area contributed by atoms with Crippen LogP contribution in [-0.2, 0) is 6.54 Å². The van der Waals surface area contributed by atoms with Gasteiger partial charge in [-0.2, -0.15) is 5.26 Å². The van der Waals surface area contributed by atoms with E-state index in [2.05, 4.69) is 23.2 Å². The zero-order valence-electron chi connectivity index (χ0n) is 13.6. The van der Waals surface area contributed by atoms with Gasteiger partial charge in [-0.05, 0) is 11.8 Å². The van der Waals surface area contributed by atoms with Crippen LogP contribution in [0.15, 0.2) is 39.1 Å². The molecule has 0 aliphatic carbocycles. The standard InChI is InChI=1S/C17H16N4OS3/c1-2-23-16-19-20-17(25-16)24-11-15(22)13-10-21(9-5-8-18)14-7-4-3-6-12(13)14/h3-4,6-7,10H,2,5,9,11H2,1H3. The quantitative estimate of drug-likeness (QED) is 0.418. The largest absolute Gasteiger partial charge is 0.346 e. The van der Waals surface area contributed by atoms with Crippen LogP contribution in [0, 0.1) is 11.3 Å². The first-order chi connectivity index (χ1) is 12.2. The van der Waals surface area contributed by atoms with Crippen LogP contribution in [0.2, 0.25) is 0 Å². The molecule has 0 N–H and O–H groups in total. The van der Waals surface area contributed by atoms with Crippen LogP contribution in [0.25, 0.3) is 10.9 Å². The first-order valence-electron chi connectivity index (χ1n) is 7.80. The van der Waals surface area contributed by atoms with Gasteiger partial charge in [0.25, 0.3) is 0 Å². The van der Waals surface area contributed by atoms with E-state index in [-0.39, 0.29) is 5.78 Å². The molecule has 2 heterocycles. The molecule has 0 radical (unpaired) electrons. The molecule has 0 atom stereocenters. The van der Waals surface area contributed by atoms with Crippen molar-refractivity contribution >= 4 is 51.5 Å². The molecule has 8 heteroatoms. The third-order valence-corrected chi connectivity index (χ3v) is 6.61. The van der Waals surface area contributed by atoms with Crippen molar-refractivity contribution < 1.29 is 4.79 Å². The summed E-state index contributed by atoms with van der Waals surface area (Å²) in [4.78, 5) is 12.7. The van der Waals surface area contributed by atoms with Crippen LogP contribution >= 0.6 is 34.9 Å². The lowest BCUT2D eigenvalue weighted by Gasteiger charge is -2.00. The predicted molar refractivity (Wildman–Crippen MR) is 104 cm³/mol. The lowest BCUT2D eigenvalue weighted by molar-refractivity contribution is 0.102. The molecule has 3 rings (SSSR count). The Bertz CT molecular complexity index is 926. The van der Waals surface area contributed by atoms with Crippen molar-refractivity contribution in [2.75, 3.05) is 11.5 Å². The number of fused-ring (bicyclic) bond motifs is 1. The number of hydrogen-bond acceptors (Lipinski definition) is 7. The molecule has 0 saturated carbocycles. The average molecular weight is 389 g/mol. The molecular weight excluding hydrogens is 372 g/mol. The number of Topliss-reactive ketones (excluding diaryl/α,β-unsaturated/α-hetero) is 1. The molecule has 0 bridgehead atoms. The smallest absolute Gasteiger partial charge is 0.175 e. The van der Waals surface area contributed by atoms with E-state index in [1.54, 1.807) is 11.8 Å². The maximum atomic E-state index is 12.7. The highest BCUT2D eigenvalue weighted by molar-refractivity contribution is 8.03. The molecule has 0 aliphatic rings. The minimum absolute atomic E-state index is 0.0665. The molecule has 0 fully saturated rings. The Morgan fingerprint density at radius 1 is 1.28 bits per heavy atom. The van der Waals surface area contributed by atoms with E-state index in [4.69, 9.17) is 5.26 Å². The Morgan fingerprint density at radius 2 is 2.04 bits per heavy atom. The Hall–Kier alpha value is -1.82. The van der Waals surface area contributed by atoms with Crippen molar-refractivity contribution in [2.45, 2.75) is 28.6 Å². The fourth-order valence-electron chi connectivity index (χ4n) is 2.47. The summed E-state index contributed by atoms with van der Waals surface area (Å²) in [5.41, 5.74) is 1.69. The van der Waals surface area contributed by atoms with Gasteiger partial charge in [0, 0.05) is 29.2 Å². The number of benzene rings is 1. The number of hydrogen-bond donors (Lipinski definition) is 0. The van der Waals surface area contributed by atoms with Gasteiger partial charge in [0.1, 0.15) is 0 Å². The van der Waals surface area contributed by atoms with Crippen molar-refractivity contribution in [1.82, 2.24) is 14.8 Å². The summed E-state index contributed by atoms with van der Waals surface area (Å²) >= 11 is 4.61. The molecule has 3 aromatic rings. The molecule has 25 heavy (non-hydrogen) atoms. The summed E-state index contributed by atoms with van der Waals surface area (Å²) in [5, 5.41) is 18.0. The van der Waals surface area contributed by atoms with Crippen LogP contribution in [-0.4, -0.2) is 32.1 Å².